The molecular formula is C27H41Cl2N3O4S. The van der Waals surface area contributed by atoms with Crippen LogP contribution in [0.5, 0.6) is 5.75 Å². The molecule has 0 saturated carbocycles. The molecular weight excluding hydrogens is 533 g/mol. The van der Waals surface area contributed by atoms with Crippen molar-refractivity contribution in [2.45, 2.75) is 52.4 Å². The molecule has 208 valence electrons. The van der Waals surface area contributed by atoms with Gasteiger partial charge in [0.1, 0.15) is 17.5 Å². The first-order chi connectivity index (χ1) is 16.8. The molecule has 0 unspecified atom stereocenters. The molecule has 4 N–H and O–H groups in total. The number of rotatable bonds is 14. The van der Waals surface area contributed by atoms with Gasteiger partial charge in [0.25, 0.3) is 0 Å². The number of nitrogens with one attached hydrogen (secondary N) is 2. The van der Waals surface area contributed by atoms with Crippen LogP contribution in [0.25, 0.3) is 10.2 Å². The highest BCUT2D eigenvalue weighted by Gasteiger charge is 2.16. The van der Waals surface area contributed by atoms with E-state index in [0.29, 0.717) is 28.2 Å². The quantitative estimate of drug-likeness (QED) is 0.162. The van der Waals surface area contributed by atoms with Crippen molar-refractivity contribution in [3.63, 3.8) is 0 Å². The van der Waals surface area contributed by atoms with Gasteiger partial charge < -0.3 is 25.3 Å². The minimum Gasteiger partial charge on any atom is -0.506 e. The second-order valence-electron chi connectivity index (χ2n) is 9.49. The van der Waals surface area contributed by atoms with Crippen LogP contribution >= 0.6 is 36.2 Å². The third kappa shape index (κ3) is 9.87. The number of benzene rings is 2. The smallest absolute Gasteiger partial charge is 0.305 e. The number of ether oxygens (including phenoxy) is 1. The van der Waals surface area contributed by atoms with Gasteiger partial charge in [0.05, 0.1) is 10.8 Å². The Labute approximate surface area is 236 Å². The number of H-pyrrole nitrogens is 1. The SMILES string of the molecule is CO[C@@H](C)N(CCc1cccc(CCNC[C@H](O)c2ccc(O)c3[nH]c(=O)sc23)c1)CCC(C)C.Cl.Cl. The van der Waals surface area contributed by atoms with Crippen molar-refractivity contribution >= 4 is 46.4 Å². The molecule has 2 aromatic carbocycles. The topological polar surface area (TPSA) is 97.8 Å². The molecule has 0 aliphatic rings. The molecule has 37 heavy (non-hydrogen) atoms. The van der Waals surface area contributed by atoms with Crippen LogP contribution in [0.15, 0.2) is 41.2 Å². The number of aromatic amines is 1. The van der Waals surface area contributed by atoms with Crippen LogP contribution in [0.2, 0.25) is 0 Å². The van der Waals surface area contributed by atoms with E-state index >= 15 is 0 Å². The lowest BCUT2D eigenvalue weighted by atomic mass is 10.0. The highest BCUT2D eigenvalue weighted by molar-refractivity contribution is 7.16. The van der Waals surface area contributed by atoms with E-state index in [1.165, 1.54) is 17.2 Å². The van der Waals surface area contributed by atoms with Gasteiger partial charge in [-0.2, -0.15) is 0 Å². The maximum atomic E-state index is 11.7. The van der Waals surface area contributed by atoms with Gasteiger partial charge in [-0.25, -0.2) is 0 Å². The van der Waals surface area contributed by atoms with Gasteiger partial charge in [0, 0.05) is 32.3 Å². The monoisotopic (exact) mass is 573 g/mol. The zero-order chi connectivity index (χ0) is 25.4. The molecule has 10 heteroatoms. The average molecular weight is 575 g/mol. The number of phenolic OH excluding ortho intramolecular Hbond substituents is 1. The first kappa shape index (κ1) is 33.4. The molecule has 1 aromatic heterocycles. The van der Waals surface area contributed by atoms with Crippen molar-refractivity contribution in [3.8, 4) is 5.75 Å². The second kappa shape index (κ2) is 16.3. The van der Waals surface area contributed by atoms with Crippen LogP contribution in [-0.4, -0.2) is 59.6 Å². The lowest BCUT2D eigenvalue weighted by molar-refractivity contribution is -0.0202. The van der Waals surface area contributed by atoms with Crippen LogP contribution in [0, 0.1) is 5.92 Å². The van der Waals surface area contributed by atoms with Gasteiger partial charge in [0.15, 0.2) is 0 Å². The molecule has 2 atom stereocenters. The Kier molecular flexibility index (Phi) is 14.7. The van der Waals surface area contributed by atoms with E-state index in [9.17, 15) is 15.0 Å². The summed E-state index contributed by atoms with van der Waals surface area (Å²) in [5, 5.41) is 23.9. The summed E-state index contributed by atoms with van der Waals surface area (Å²) in [5.74, 6) is 0.686. The van der Waals surface area contributed by atoms with E-state index in [-0.39, 0.29) is 41.7 Å². The Morgan fingerprint density at radius 2 is 1.78 bits per heavy atom. The molecule has 0 saturated heterocycles. The summed E-state index contributed by atoms with van der Waals surface area (Å²) in [6.45, 7) is 9.70. The number of aromatic hydroxyl groups is 1. The highest BCUT2D eigenvalue weighted by Crippen LogP contribution is 2.31. The van der Waals surface area contributed by atoms with E-state index in [1.54, 1.807) is 13.2 Å². The fraction of sp³-hybridized carbons (Fsp3) is 0.519. The van der Waals surface area contributed by atoms with Gasteiger partial charge in [-0.3, -0.25) is 9.69 Å². The lowest BCUT2D eigenvalue weighted by Gasteiger charge is -2.28. The maximum absolute atomic E-state index is 11.7. The summed E-state index contributed by atoms with van der Waals surface area (Å²) in [6, 6.07) is 11.9. The highest BCUT2D eigenvalue weighted by atomic mass is 35.5. The molecule has 0 bridgehead atoms. The molecule has 3 rings (SSSR count). The van der Waals surface area contributed by atoms with Gasteiger partial charge in [-0.15, -0.1) is 24.8 Å². The van der Waals surface area contributed by atoms with Gasteiger partial charge in [-0.05, 0) is 55.8 Å². The molecule has 1 heterocycles. The van der Waals surface area contributed by atoms with Crippen LogP contribution < -0.4 is 10.2 Å². The van der Waals surface area contributed by atoms with Gasteiger partial charge >= 0.3 is 4.87 Å². The minimum atomic E-state index is -0.768. The van der Waals surface area contributed by atoms with Crippen LogP contribution in [0.1, 0.15) is 50.0 Å². The Hall–Kier alpha value is -1.65. The molecule has 0 aliphatic carbocycles. The summed E-state index contributed by atoms with van der Waals surface area (Å²) in [7, 11) is 1.77. The number of hydrogen-bond donors (Lipinski definition) is 4. The number of methoxy groups -OCH3 is 1. The summed E-state index contributed by atoms with van der Waals surface area (Å²) in [4.78, 5) is 16.5. The number of fused-ring (bicyclic) bond motifs is 1. The zero-order valence-electron chi connectivity index (χ0n) is 22.0. The summed E-state index contributed by atoms with van der Waals surface area (Å²) < 4.78 is 6.17. The predicted molar refractivity (Wildman–Crippen MR) is 158 cm³/mol. The summed E-state index contributed by atoms with van der Waals surface area (Å²) >= 11 is 1.00. The largest absolute Gasteiger partial charge is 0.506 e. The normalized spacial score (nSPS) is 12.9. The summed E-state index contributed by atoms with van der Waals surface area (Å²) in [5.41, 5.74) is 3.60. The zero-order valence-corrected chi connectivity index (χ0v) is 24.5. The van der Waals surface area contributed by atoms with Crippen molar-refractivity contribution in [3.05, 3.63) is 62.8 Å². The fourth-order valence-corrected chi connectivity index (χ4v) is 5.06. The number of thiazole rings is 1. The van der Waals surface area contributed by atoms with E-state index in [0.717, 1.165) is 50.2 Å². The van der Waals surface area contributed by atoms with E-state index < -0.39 is 6.10 Å². The Morgan fingerprint density at radius 1 is 1.08 bits per heavy atom. The Balaban J connectivity index is 0.00000342. The van der Waals surface area contributed by atoms with Crippen LogP contribution in [0.3, 0.4) is 0 Å². The number of halogens is 2. The summed E-state index contributed by atoms with van der Waals surface area (Å²) in [6.07, 6.45) is 2.32. The number of hydrogen-bond acceptors (Lipinski definition) is 7. The second-order valence-corrected chi connectivity index (χ2v) is 10.5. The lowest BCUT2D eigenvalue weighted by Crippen LogP contribution is -2.37. The van der Waals surface area contributed by atoms with Crippen LogP contribution in [-0.2, 0) is 17.6 Å². The van der Waals surface area contributed by atoms with Crippen molar-refractivity contribution in [1.29, 1.82) is 0 Å². The maximum Gasteiger partial charge on any atom is 0.305 e. The average Bonchev–Trinajstić information content (AvgIpc) is 3.24. The molecule has 0 amide bonds. The third-order valence-corrected chi connectivity index (χ3v) is 7.33. The fourth-order valence-electron chi connectivity index (χ4n) is 4.15. The number of aliphatic hydroxyl groups is 1. The Bertz CT molecular complexity index is 1140. The number of aromatic nitrogens is 1. The standard InChI is InChI=1S/C27H39N3O4S.2ClH/c1-18(2)11-14-30(19(3)34-4)15-12-21-7-5-6-20(16-21)10-13-28-17-24(32)22-8-9-23(31)25-26(22)35-27(33)29-25;;/h5-9,16,18-19,24,28,31-32H,10-15,17H2,1-4H3,(H,29,33);2*1H/t19-,24-;;/m0../s1. The molecule has 7 nitrogen and oxygen atoms in total. The van der Waals surface area contributed by atoms with Crippen molar-refractivity contribution in [1.82, 2.24) is 15.2 Å². The van der Waals surface area contributed by atoms with Crippen molar-refractivity contribution in [2.24, 2.45) is 5.92 Å². The number of phenols is 1. The number of nitrogens with zero attached hydrogens (tertiary/aromatic N) is 1. The van der Waals surface area contributed by atoms with Crippen LogP contribution in [0.4, 0.5) is 0 Å². The van der Waals surface area contributed by atoms with Gasteiger partial charge in [0.2, 0.25) is 0 Å². The molecule has 3 aromatic rings. The predicted octanol–water partition coefficient (Wildman–Crippen LogP) is 4.89. The molecule has 0 radical (unpaired) electrons. The van der Waals surface area contributed by atoms with E-state index in [2.05, 4.69) is 60.2 Å². The first-order valence-electron chi connectivity index (χ1n) is 12.4. The van der Waals surface area contributed by atoms with E-state index in [1.807, 2.05) is 0 Å². The van der Waals surface area contributed by atoms with Crippen molar-refractivity contribution < 1.29 is 14.9 Å². The van der Waals surface area contributed by atoms with Crippen molar-refractivity contribution in [2.75, 3.05) is 33.3 Å². The molecule has 0 aliphatic heterocycles. The third-order valence-electron chi connectivity index (χ3n) is 6.40. The molecule has 0 spiro atoms. The number of aliphatic hydroxyl groups excluding tert-OH is 1. The Morgan fingerprint density at radius 3 is 2.46 bits per heavy atom. The first-order valence-corrected chi connectivity index (χ1v) is 13.2. The molecule has 0 fully saturated rings. The van der Waals surface area contributed by atoms with Gasteiger partial charge in [-0.1, -0.05) is 55.5 Å². The van der Waals surface area contributed by atoms with E-state index in [4.69, 9.17) is 4.74 Å². The minimum absolute atomic E-state index is 0.